The molecule has 2 aliphatic heterocycles. The Morgan fingerprint density at radius 3 is 2.33 bits per heavy atom. The molecule has 24 heavy (non-hydrogen) atoms. The van der Waals surface area contributed by atoms with Crippen molar-refractivity contribution in [2.45, 2.75) is 38.3 Å². The standard InChI is InChI=1S/C15H29N3O5S/c1-13(2)23-11-12-24(20,21)18-7-5-17(6-8-18)14(19)15(16)3-9-22-10-4-15/h13H,3-12,16H2,1-2H3. The van der Waals surface area contributed by atoms with E-state index in [9.17, 15) is 13.2 Å². The van der Waals surface area contributed by atoms with Crippen LogP contribution in [0.2, 0.25) is 0 Å². The molecule has 1 amide bonds. The van der Waals surface area contributed by atoms with Gasteiger partial charge in [-0.15, -0.1) is 0 Å². The first kappa shape index (κ1) is 19.6. The lowest BCUT2D eigenvalue weighted by Crippen LogP contribution is -2.61. The van der Waals surface area contributed by atoms with Gasteiger partial charge >= 0.3 is 0 Å². The second-order valence-electron chi connectivity index (χ2n) is 6.70. The Morgan fingerprint density at radius 2 is 1.79 bits per heavy atom. The van der Waals surface area contributed by atoms with Gasteiger partial charge in [-0.2, -0.15) is 4.31 Å². The molecule has 2 aliphatic rings. The van der Waals surface area contributed by atoms with Crippen LogP contribution in [0.15, 0.2) is 0 Å². The number of amides is 1. The maximum Gasteiger partial charge on any atom is 0.242 e. The summed E-state index contributed by atoms with van der Waals surface area (Å²) in [5.41, 5.74) is 5.36. The maximum atomic E-state index is 12.6. The average Bonchev–Trinajstić information content (AvgIpc) is 2.54. The lowest BCUT2D eigenvalue weighted by atomic mass is 9.89. The fourth-order valence-corrected chi connectivity index (χ4v) is 4.24. The van der Waals surface area contributed by atoms with Gasteiger partial charge in [0.1, 0.15) is 0 Å². The van der Waals surface area contributed by atoms with Crippen LogP contribution in [0.5, 0.6) is 0 Å². The van der Waals surface area contributed by atoms with E-state index in [2.05, 4.69) is 0 Å². The molecule has 0 aromatic carbocycles. The molecule has 0 atom stereocenters. The Kier molecular flexibility index (Phi) is 6.60. The van der Waals surface area contributed by atoms with Crippen molar-refractivity contribution >= 4 is 15.9 Å². The summed E-state index contributed by atoms with van der Waals surface area (Å²) in [6.45, 7) is 6.28. The smallest absolute Gasteiger partial charge is 0.242 e. The molecule has 2 N–H and O–H groups in total. The zero-order valence-electron chi connectivity index (χ0n) is 14.6. The highest BCUT2D eigenvalue weighted by Crippen LogP contribution is 2.21. The van der Waals surface area contributed by atoms with Crippen molar-refractivity contribution in [2.24, 2.45) is 5.73 Å². The molecule has 2 heterocycles. The van der Waals surface area contributed by atoms with Crippen LogP contribution in [-0.4, -0.2) is 86.9 Å². The van der Waals surface area contributed by atoms with E-state index >= 15 is 0 Å². The first-order chi connectivity index (χ1) is 11.2. The predicted octanol–water partition coefficient (Wildman–Crippen LogP) is -0.607. The molecule has 0 aromatic heterocycles. The fraction of sp³-hybridized carbons (Fsp3) is 0.933. The van der Waals surface area contributed by atoms with Gasteiger partial charge in [-0.1, -0.05) is 0 Å². The second-order valence-corrected chi connectivity index (χ2v) is 8.78. The molecular weight excluding hydrogens is 334 g/mol. The number of carbonyl (C=O) groups is 1. The van der Waals surface area contributed by atoms with Gasteiger partial charge in [-0.25, -0.2) is 8.42 Å². The van der Waals surface area contributed by atoms with Crippen LogP contribution in [0.1, 0.15) is 26.7 Å². The number of nitrogens with zero attached hydrogens (tertiary/aromatic N) is 2. The van der Waals surface area contributed by atoms with E-state index in [1.54, 1.807) is 4.90 Å². The van der Waals surface area contributed by atoms with E-state index in [0.29, 0.717) is 52.2 Å². The minimum Gasteiger partial charge on any atom is -0.381 e. The van der Waals surface area contributed by atoms with Crippen molar-refractivity contribution in [3.8, 4) is 0 Å². The highest BCUT2D eigenvalue weighted by molar-refractivity contribution is 7.89. The SMILES string of the molecule is CC(C)OCCS(=O)(=O)N1CCN(C(=O)C2(N)CCOCC2)CC1. The van der Waals surface area contributed by atoms with Gasteiger partial charge < -0.3 is 20.1 Å². The molecule has 0 aromatic rings. The first-order valence-electron chi connectivity index (χ1n) is 8.50. The number of ether oxygens (including phenoxy) is 2. The van der Waals surface area contributed by atoms with E-state index in [1.165, 1.54) is 4.31 Å². The van der Waals surface area contributed by atoms with Gasteiger partial charge in [0.05, 0.1) is 24.0 Å². The molecule has 0 unspecified atom stereocenters. The zero-order valence-corrected chi connectivity index (χ0v) is 15.4. The Bertz CT molecular complexity index is 523. The second kappa shape index (κ2) is 8.09. The molecule has 0 saturated carbocycles. The maximum absolute atomic E-state index is 12.6. The molecule has 2 fully saturated rings. The normalized spacial score (nSPS) is 22.8. The van der Waals surface area contributed by atoms with E-state index in [4.69, 9.17) is 15.2 Å². The summed E-state index contributed by atoms with van der Waals surface area (Å²) in [5.74, 6) is -0.122. The van der Waals surface area contributed by atoms with Crippen LogP contribution in [-0.2, 0) is 24.3 Å². The lowest BCUT2D eigenvalue weighted by molar-refractivity contribution is -0.141. The highest BCUT2D eigenvalue weighted by atomic mass is 32.2. The first-order valence-corrected chi connectivity index (χ1v) is 10.1. The largest absolute Gasteiger partial charge is 0.381 e. The summed E-state index contributed by atoms with van der Waals surface area (Å²) in [5, 5.41) is 0. The highest BCUT2D eigenvalue weighted by Gasteiger charge is 2.40. The van der Waals surface area contributed by atoms with Gasteiger partial charge in [0.25, 0.3) is 0 Å². The number of piperazine rings is 1. The monoisotopic (exact) mass is 363 g/mol. The average molecular weight is 363 g/mol. The Hall–Kier alpha value is -0.740. The van der Waals surface area contributed by atoms with Gasteiger partial charge in [0.15, 0.2) is 0 Å². The number of sulfonamides is 1. The summed E-state index contributed by atoms with van der Waals surface area (Å²) in [6.07, 6.45) is 1.03. The Morgan fingerprint density at radius 1 is 1.21 bits per heavy atom. The molecule has 0 spiro atoms. The van der Waals surface area contributed by atoms with E-state index in [1.807, 2.05) is 13.8 Å². The fourth-order valence-electron chi connectivity index (χ4n) is 2.95. The van der Waals surface area contributed by atoms with Crippen molar-refractivity contribution < 1.29 is 22.7 Å². The minimum atomic E-state index is -3.35. The molecule has 140 valence electrons. The van der Waals surface area contributed by atoms with E-state index in [0.717, 1.165) is 0 Å². The summed E-state index contributed by atoms with van der Waals surface area (Å²) in [7, 11) is -3.35. The lowest BCUT2D eigenvalue weighted by Gasteiger charge is -2.40. The number of carbonyl (C=O) groups excluding carboxylic acids is 1. The zero-order chi connectivity index (χ0) is 17.8. The summed E-state index contributed by atoms with van der Waals surface area (Å²) < 4.78 is 36.6. The molecule has 9 heteroatoms. The van der Waals surface area contributed by atoms with Crippen molar-refractivity contribution in [2.75, 3.05) is 51.8 Å². The van der Waals surface area contributed by atoms with Crippen LogP contribution in [0.25, 0.3) is 0 Å². The molecule has 0 aliphatic carbocycles. The van der Waals surface area contributed by atoms with Crippen LogP contribution in [0, 0.1) is 0 Å². The Balaban J connectivity index is 1.85. The molecule has 2 rings (SSSR count). The minimum absolute atomic E-state index is 0.00915. The third kappa shape index (κ3) is 4.89. The summed E-state index contributed by atoms with van der Waals surface area (Å²) in [6, 6.07) is 0. The van der Waals surface area contributed by atoms with Crippen molar-refractivity contribution in [3.05, 3.63) is 0 Å². The molecule has 8 nitrogen and oxygen atoms in total. The molecular formula is C15H29N3O5S. The van der Waals surface area contributed by atoms with Crippen molar-refractivity contribution in [1.82, 2.24) is 9.21 Å². The number of rotatable bonds is 6. The van der Waals surface area contributed by atoms with Crippen LogP contribution in [0.4, 0.5) is 0 Å². The van der Waals surface area contributed by atoms with Gasteiger partial charge in [0.2, 0.25) is 15.9 Å². The third-order valence-corrected chi connectivity index (χ3v) is 6.36. The van der Waals surface area contributed by atoms with Crippen LogP contribution in [0.3, 0.4) is 0 Å². The van der Waals surface area contributed by atoms with E-state index < -0.39 is 15.6 Å². The molecule has 2 saturated heterocycles. The van der Waals surface area contributed by atoms with Gasteiger partial charge in [-0.3, -0.25) is 4.79 Å². The molecule has 0 bridgehead atoms. The number of hydrogen-bond donors (Lipinski definition) is 1. The predicted molar refractivity (Wildman–Crippen MR) is 90.0 cm³/mol. The Labute approximate surface area is 144 Å². The third-order valence-electron chi connectivity index (χ3n) is 4.52. The van der Waals surface area contributed by atoms with Gasteiger partial charge in [-0.05, 0) is 26.7 Å². The van der Waals surface area contributed by atoms with Gasteiger partial charge in [0, 0.05) is 39.4 Å². The quantitative estimate of drug-likeness (QED) is 0.676. The number of hydrogen-bond acceptors (Lipinski definition) is 6. The summed E-state index contributed by atoms with van der Waals surface area (Å²) >= 11 is 0. The van der Waals surface area contributed by atoms with Crippen LogP contribution < -0.4 is 5.73 Å². The number of nitrogens with two attached hydrogens (primary N) is 1. The molecule has 0 radical (unpaired) electrons. The van der Waals surface area contributed by atoms with Crippen molar-refractivity contribution in [1.29, 1.82) is 0 Å². The summed E-state index contributed by atoms with van der Waals surface area (Å²) in [4.78, 5) is 14.3. The van der Waals surface area contributed by atoms with Crippen molar-refractivity contribution in [3.63, 3.8) is 0 Å². The van der Waals surface area contributed by atoms with E-state index in [-0.39, 0.29) is 24.4 Å². The van der Waals surface area contributed by atoms with Crippen LogP contribution >= 0.6 is 0 Å². The topological polar surface area (TPSA) is 102 Å².